The van der Waals surface area contributed by atoms with Crippen LogP contribution in [0.1, 0.15) is 154 Å². The van der Waals surface area contributed by atoms with E-state index in [0.717, 1.165) is 37.7 Å². The number of carbonyl (C=O) groups is 2. The fraction of sp³-hybridized carbons (Fsp3) is 0.358. The van der Waals surface area contributed by atoms with Crippen molar-refractivity contribution in [1.29, 1.82) is 0 Å². The van der Waals surface area contributed by atoms with Gasteiger partial charge in [0, 0.05) is 68.2 Å². The van der Waals surface area contributed by atoms with Crippen LogP contribution in [0.2, 0.25) is 15.1 Å². The number of rotatable bonds is 30. The Morgan fingerprint density at radius 2 is 0.681 bits per heavy atom. The molecule has 8 aromatic carbocycles. The highest BCUT2D eigenvalue weighted by Crippen LogP contribution is 2.43. The summed E-state index contributed by atoms with van der Waals surface area (Å²) in [5.41, 5.74) is 9.73. The van der Waals surface area contributed by atoms with E-state index in [2.05, 4.69) is 201 Å². The zero-order valence-electron chi connectivity index (χ0n) is 81.6. The van der Waals surface area contributed by atoms with Crippen LogP contribution in [0.4, 0.5) is 23.3 Å². The van der Waals surface area contributed by atoms with Gasteiger partial charge < -0.3 is 89.0 Å². The third kappa shape index (κ3) is 26.5. The minimum absolute atomic E-state index is 0.138. The van der Waals surface area contributed by atoms with E-state index in [-0.39, 0.29) is 95.9 Å². The Hall–Kier alpha value is -12.5. The zero-order valence-corrected chi connectivity index (χ0v) is 84.6. The van der Waals surface area contributed by atoms with Crippen LogP contribution in [0.3, 0.4) is 0 Å². The molecule has 4 saturated heterocycles. The minimum Gasteiger partial charge on any atom is -0.502 e. The Balaban J connectivity index is 0.000000172. The number of hydrogen-bond acceptors (Lipinski definition) is 26. The SMILES string of the molecule is C=COCC.CC(C)(C)[Si](OC[C@H]1O[C@@H](n2ccc(N)nc2=O)CC1O)(c1ccccc1)c1ccccc1.CC(C)(C)[Si](OC[C@H]1O[C@@H](n2ccc(NC(=O)c3ccccc3)nc2=O)CC1O)(c1ccccc1)c1ccccc1.CCOC(C)OC1C[C@H](n2ccc(NC(=O)c3ccccc3)nc2=O)O[C@@H]1CO[Si](c1ccccc1)(c1ccccc1)C(C)(C)C.Nc1ccn([C@H]2CC(O)[C@@H](CO)O2)c(=O)n1. The van der Waals surface area contributed by atoms with Crippen LogP contribution in [0.15, 0.2) is 324 Å². The first-order chi connectivity index (χ1) is 67.6. The highest BCUT2D eigenvalue weighted by atomic mass is 28.4. The molecule has 0 saturated carbocycles. The maximum absolute atomic E-state index is 13.2. The van der Waals surface area contributed by atoms with Crippen LogP contribution in [-0.2, 0) is 46.4 Å². The molecule has 746 valence electrons. The van der Waals surface area contributed by atoms with E-state index >= 15 is 0 Å². The monoisotopic (exact) mass is 1970 g/mol. The van der Waals surface area contributed by atoms with E-state index < -0.39 is 128 Å². The van der Waals surface area contributed by atoms with E-state index in [1.807, 2.05) is 118 Å². The lowest BCUT2D eigenvalue weighted by Crippen LogP contribution is -2.67. The van der Waals surface area contributed by atoms with Crippen molar-refractivity contribution < 1.29 is 76.5 Å². The van der Waals surface area contributed by atoms with Gasteiger partial charge in [-0.25, -0.2) is 19.2 Å². The molecule has 5 unspecified atom stereocenters. The van der Waals surface area contributed by atoms with Gasteiger partial charge in [-0.2, -0.15) is 19.9 Å². The first-order valence-corrected chi connectivity index (χ1v) is 52.9. The van der Waals surface area contributed by atoms with Gasteiger partial charge in [0.15, 0.2) is 6.29 Å². The van der Waals surface area contributed by atoms with Crippen molar-refractivity contribution in [3.8, 4) is 0 Å². The van der Waals surface area contributed by atoms with Gasteiger partial charge in [0.2, 0.25) is 0 Å². The first-order valence-electron chi connectivity index (χ1n) is 47.2. The Morgan fingerprint density at radius 3 is 0.943 bits per heavy atom. The van der Waals surface area contributed by atoms with Crippen molar-refractivity contribution in [2.24, 2.45) is 0 Å². The molecular weight excluding hydrogens is 1850 g/mol. The molecule has 35 heteroatoms. The Labute approximate surface area is 824 Å². The van der Waals surface area contributed by atoms with Crippen LogP contribution in [-0.4, -0.2) is 190 Å². The van der Waals surface area contributed by atoms with Gasteiger partial charge in [0.05, 0.1) is 63.7 Å². The molecule has 16 rings (SSSR count). The largest absolute Gasteiger partial charge is 0.502 e. The number of nitrogen functional groups attached to an aromatic ring is 2. The molecule has 0 spiro atoms. The molecule has 4 aromatic heterocycles. The second-order valence-corrected chi connectivity index (χ2v) is 50.2. The summed E-state index contributed by atoms with van der Waals surface area (Å²) >= 11 is 0. The van der Waals surface area contributed by atoms with E-state index in [9.17, 15) is 44.1 Å². The Bertz CT molecular complexity index is 6120. The lowest BCUT2D eigenvalue weighted by molar-refractivity contribution is -0.172. The van der Waals surface area contributed by atoms with Crippen molar-refractivity contribution in [1.82, 2.24) is 38.2 Å². The summed E-state index contributed by atoms with van der Waals surface area (Å²) in [7, 11) is -8.43. The van der Waals surface area contributed by atoms with Gasteiger partial charge in [-0.1, -0.05) is 287 Å². The fourth-order valence-electron chi connectivity index (χ4n) is 18.1. The molecule has 0 aliphatic carbocycles. The molecule has 4 fully saturated rings. The first kappa shape index (κ1) is 107. The van der Waals surface area contributed by atoms with E-state index in [4.69, 9.17) is 58.3 Å². The summed E-state index contributed by atoms with van der Waals surface area (Å²) in [5.74, 6) is -0.105. The topological polar surface area (TPSA) is 423 Å². The molecule has 12 aromatic rings. The van der Waals surface area contributed by atoms with Crippen LogP contribution < -0.4 is 76.0 Å². The molecule has 0 radical (unpaired) electrons. The van der Waals surface area contributed by atoms with Gasteiger partial charge in [0.1, 0.15) is 72.6 Å². The number of hydrogen-bond donors (Lipinski definition) is 8. The second kappa shape index (κ2) is 49.3. The van der Waals surface area contributed by atoms with Crippen molar-refractivity contribution in [3.63, 3.8) is 0 Å². The molecule has 2 amide bonds. The fourth-order valence-corrected chi connectivity index (χ4v) is 31.8. The standard InChI is InChI=1S/C36H43N3O6Si.C32H35N3O5Si.C25H31N3O4Si.C9H13N3O4.C4H8O/c1-6-42-26(2)44-30-24-33(39-23-22-32(38-35(39)41)37-34(40)27-16-10-7-11-17-27)45-31(30)25-43-46(36(3,4)5,28-18-12-8-13-19-28)29-20-14-9-15-21-29;1-32(2,3)41(24-15-9-5-10-16-24,25-17-11-6-12-18-25)39-22-27-26(36)21-29(40-27)35-20-19-28(34-31(35)38)33-30(37)23-13-7-4-8-14-23;1-25(2,3)33(18-10-6-4-7-11-18,19-12-8-5-9-13-19)31-17-21-20(29)16-23(32-21)28-15-14-22(26)27-24(28)30;10-7-1-2-12(9(15)11-7)8-3-5(14)6(4-13)16-8;1-3-5-4-2/h7-23,26,30-31,33H,6,24-25H2,1-5H3,(H,37,38,40,41);4-20,26-27,29,36H,21-22H2,1-3H3,(H,33,34,37,38);4-15,20-21,23,29H,16-17H2,1-3H3,(H2,26,27,30);1-2,5-6,8,13-14H,3-4H2,(H2,10,11,15);3H,1,4H2,2H3/t26?,30?,31-,33-;26?,27-,29-;20?,21-,23-;5?,6-,8-;/m1111./s1. The van der Waals surface area contributed by atoms with Gasteiger partial charge in [-0.3, -0.25) is 27.9 Å². The number of carbonyl (C=O) groups excluding carboxylic acids is 2. The van der Waals surface area contributed by atoms with Gasteiger partial charge in [-0.05, 0) is 116 Å². The Morgan fingerprint density at radius 1 is 0.411 bits per heavy atom. The Kier molecular flexibility index (Phi) is 37.5. The van der Waals surface area contributed by atoms with E-state index in [1.54, 1.807) is 79.1 Å². The average Bonchev–Trinajstić information content (AvgIpc) is 1.29. The van der Waals surface area contributed by atoms with E-state index in [1.165, 1.54) is 43.0 Å². The smallest absolute Gasteiger partial charge is 0.351 e. The molecule has 13 atom stereocenters. The molecule has 4 aliphatic rings. The molecule has 32 nitrogen and oxygen atoms in total. The molecular formula is C106H130N12O20Si3. The summed E-state index contributed by atoms with van der Waals surface area (Å²) in [5, 5.41) is 51.8. The average molecular weight is 1980 g/mol. The van der Waals surface area contributed by atoms with Crippen molar-refractivity contribution >= 4 is 91.2 Å². The van der Waals surface area contributed by atoms with Crippen LogP contribution in [0, 0.1) is 0 Å². The van der Waals surface area contributed by atoms with Crippen molar-refractivity contribution in [2.45, 2.75) is 204 Å². The summed E-state index contributed by atoms with van der Waals surface area (Å²) in [4.78, 5) is 90.4. The van der Waals surface area contributed by atoms with Crippen LogP contribution in [0.5, 0.6) is 0 Å². The lowest BCUT2D eigenvalue weighted by Gasteiger charge is -2.43. The number of aliphatic hydroxyl groups excluding tert-OH is 4. The van der Waals surface area contributed by atoms with E-state index in [0.29, 0.717) is 24.2 Å². The minimum atomic E-state index is -2.85. The molecule has 10 N–H and O–H groups in total. The zero-order chi connectivity index (χ0) is 101. The lowest BCUT2D eigenvalue weighted by atomic mass is 10.2. The highest BCUT2D eigenvalue weighted by molar-refractivity contribution is 7.00. The number of anilines is 4. The predicted octanol–water partition coefficient (Wildman–Crippen LogP) is 10.5. The maximum Gasteiger partial charge on any atom is 0.351 e. The number of benzene rings is 8. The maximum atomic E-state index is 13.2. The summed E-state index contributed by atoms with van der Waals surface area (Å²) in [6.45, 7) is 30.5. The number of ether oxygens (including phenoxy) is 7. The normalized spacial score (nSPS) is 20.4. The van der Waals surface area contributed by atoms with Gasteiger partial charge >= 0.3 is 22.8 Å². The molecule has 0 bridgehead atoms. The summed E-state index contributed by atoms with van der Waals surface area (Å²) < 4.78 is 67.2. The summed E-state index contributed by atoms with van der Waals surface area (Å²) in [6, 6.07) is 85.7. The third-order valence-corrected chi connectivity index (χ3v) is 39.8. The predicted molar refractivity (Wildman–Crippen MR) is 549 cm³/mol. The third-order valence-electron chi connectivity index (χ3n) is 24.8. The number of nitrogens with zero attached hydrogens (tertiary/aromatic N) is 8. The van der Waals surface area contributed by atoms with Crippen LogP contribution in [0.25, 0.3) is 0 Å². The van der Waals surface area contributed by atoms with Crippen molar-refractivity contribution in [3.05, 3.63) is 358 Å². The number of amides is 2. The number of nitrogens with one attached hydrogen (secondary N) is 2. The van der Waals surface area contributed by atoms with Gasteiger partial charge in [-0.15, -0.1) is 0 Å². The quantitative estimate of drug-likeness (QED) is 0.0118. The molecule has 8 heterocycles. The molecule has 141 heavy (non-hydrogen) atoms. The number of aromatic nitrogens is 8. The van der Waals surface area contributed by atoms with Gasteiger partial charge in [0.25, 0.3) is 36.8 Å². The van der Waals surface area contributed by atoms with Crippen LogP contribution >= 0.6 is 0 Å². The summed E-state index contributed by atoms with van der Waals surface area (Å²) in [6.07, 6.45) is 0.505. The second-order valence-electron chi connectivity index (χ2n) is 37.3. The number of aliphatic hydroxyl groups is 4. The van der Waals surface area contributed by atoms with Crippen molar-refractivity contribution in [2.75, 3.05) is 61.7 Å². The number of nitrogens with two attached hydrogens (primary N) is 2. The highest BCUT2D eigenvalue weighted by Gasteiger charge is 2.55. The molecule has 4 aliphatic heterocycles.